The van der Waals surface area contributed by atoms with Crippen LogP contribution in [0.1, 0.15) is 0 Å². The summed E-state index contributed by atoms with van der Waals surface area (Å²) in [5, 5.41) is 0. The smallest absolute Gasteiger partial charge is 0.238 e. The van der Waals surface area contributed by atoms with Crippen LogP contribution in [0.4, 0.5) is 10.1 Å². The number of anilines is 1. The van der Waals surface area contributed by atoms with Crippen LogP contribution in [0.2, 0.25) is 0 Å². The highest BCUT2D eigenvalue weighted by atomic mass is 32.2. The zero-order valence-electron chi connectivity index (χ0n) is 11.8. The molecular weight excluding hydrogens is 297 g/mol. The molecule has 0 spiro atoms. The zero-order valence-corrected chi connectivity index (χ0v) is 12.6. The Labute approximate surface area is 123 Å². The summed E-state index contributed by atoms with van der Waals surface area (Å²) in [4.78, 5) is 15.5. The molecule has 1 aromatic carbocycles. The predicted molar refractivity (Wildman–Crippen MR) is 76.9 cm³/mol. The minimum absolute atomic E-state index is 0.179. The number of benzene rings is 1. The number of nitrogens with zero attached hydrogens (tertiary/aromatic N) is 2. The van der Waals surface area contributed by atoms with Crippen LogP contribution in [0.5, 0.6) is 0 Å². The molecule has 0 bridgehead atoms. The number of amides is 1. The van der Waals surface area contributed by atoms with Gasteiger partial charge >= 0.3 is 0 Å². The summed E-state index contributed by atoms with van der Waals surface area (Å²) in [5.41, 5.74) is 5.35. The maximum Gasteiger partial charge on any atom is 0.238 e. The van der Waals surface area contributed by atoms with E-state index in [1.807, 2.05) is 7.05 Å². The van der Waals surface area contributed by atoms with Crippen molar-refractivity contribution in [3.05, 3.63) is 24.0 Å². The van der Waals surface area contributed by atoms with Gasteiger partial charge in [-0.2, -0.15) is 0 Å². The number of carbonyl (C=O) groups excluding carboxylic acids is 1. The Bertz CT molecular complexity index is 640. The van der Waals surface area contributed by atoms with E-state index < -0.39 is 27.3 Å². The van der Waals surface area contributed by atoms with Crippen LogP contribution >= 0.6 is 0 Å². The molecule has 6 nitrogen and oxygen atoms in total. The number of rotatable bonds is 3. The molecule has 1 aromatic rings. The van der Waals surface area contributed by atoms with Gasteiger partial charge in [0.25, 0.3) is 0 Å². The van der Waals surface area contributed by atoms with Crippen molar-refractivity contribution >= 4 is 21.4 Å². The van der Waals surface area contributed by atoms with Crippen molar-refractivity contribution < 1.29 is 17.6 Å². The lowest BCUT2D eigenvalue weighted by atomic mass is 10.3. The van der Waals surface area contributed by atoms with E-state index in [4.69, 9.17) is 5.73 Å². The molecule has 2 N–H and O–H groups in total. The van der Waals surface area contributed by atoms with Crippen LogP contribution in [0.3, 0.4) is 0 Å². The molecule has 8 heteroatoms. The largest absolute Gasteiger partial charge is 0.398 e. The standard InChI is InChI=1S/C13H18FN3O3S/c1-16-4-6-17(7-5-16)13(18)9-21(19,20)12-3-2-10(14)8-11(12)15/h2-3,8H,4-7,9,15H2,1H3. The van der Waals surface area contributed by atoms with E-state index in [-0.39, 0.29) is 10.6 Å². The molecule has 1 aliphatic rings. The Hall–Kier alpha value is -1.67. The maximum absolute atomic E-state index is 13.0. The fourth-order valence-electron chi connectivity index (χ4n) is 2.19. The van der Waals surface area contributed by atoms with Crippen molar-refractivity contribution in [3.8, 4) is 0 Å². The first-order chi connectivity index (χ1) is 9.79. The van der Waals surface area contributed by atoms with Crippen molar-refractivity contribution in [3.63, 3.8) is 0 Å². The minimum atomic E-state index is -3.87. The third-order valence-corrected chi connectivity index (χ3v) is 5.15. The van der Waals surface area contributed by atoms with E-state index in [1.165, 1.54) is 4.90 Å². The second kappa shape index (κ2) is 5.98. The van der Waals surface area contributed by atoms with Gasteiger partial charge in [-0.1, -0.05) is 0 Å². The third kappa shape index (κ3) is 3.70. The van der Waals surface area contributed by atoms with Gasteiger partial charge in [-0.05, 0) is 25.2 Å². The van der Waals surface area contributed by atoms with Gasteiger partial charge < -0.3 is 15.5 Å². The molecule has 1 amide bonds. The third-order valence-electron chi connectivity index (χ3n) is 3.48. The van der Waals surface area contributed by atoms with Crippen LogP contribution in [0, 0.1) is 5.82 Å². The highest BCUT2D eigenvalue weighted by Gasteiger charge is 2.27. The average molecular weight is 315 g/mol. The Morgan fingerprint density at radius 3 is 2.48 bits per heavy atom. The summed E-state index contributed by atoms with van der Waals surface area (Å²) in [6.45, 7) is 2.43. The van der Waals surface area contributed by atoms with E-state index >= 15 is 0 Å². The van der Waals surface area contributed by atoms with Gasteiger partial charge in [0.15, 0.2) is 9.84 Å². The van der Waals surface area contributed by atoms with E-state index in [0.717, 1.165) is 18.2 Å². The summed E-state index contributed by atoms with van der Waals surface area (Å²) in [6.07, 6.45) is 0. The predicted octanol–water partition coefficient (Wildman–Crippen LogP) is -0.0444. The number of nitrogens with two attached hydrogens (primary N) is 1. The summed E-state index contributed by atoms with van der Waals surface area (Å²) >= 11 is 0. The van der Waals surface area contributed by atoms with E-state index in [1.54, 1.807) is 0 Å². The molecule has 1 fully saturated rings. The topological polar surface area (TPSA) is 83.7 Å². The lowest BCUT2D eigenvalue weighted by Gasteiger charge is -2.32. The highest BCUT2D eigenvalue weighted by Crippen LogP contribution is 2.21. The van der Waals surface area contributed by atoms with Gasteiger partial charge in [-0.25, -0.2) is 12.8 Å². The van der Waals surface area contributed by atoms with Crippen molar-refractivity contribution in [2.24, 2.45) is 0 Å². The maximum atomic E-state index is 13.0. The number of piperazine rings is 1. The van der Waals surface area contributed by atoms with Gasteiger partial charge in [-0.15, -0.1) is 0 Å². The Kier molecular flexibility index (Phi) is 4.48. The van der Waals surface area contributed by atoms with Gasteiger partial charge in [0.2, 0.25) is 5.91 Å². The quantitative estimate of drug-likeness (QED) is 0.625. The fraction of sp³-hybridized carbons (Fsp3) is 0.462. The molecule has 1 aliphatic heterocycles. The van der Waals surface area contributed by atoms with Gasteiger partial charge in [0.1, 0.15) is 11.6 Å². The number of carbonyl (C=O) groups is 1. The molecule has 0 radical (unpaired) electrons. The van der Waals surface area contributed by atoms with E-state index in [2.05, 4.69) is 4.90 Å². The first kappa shape index (κ1) is 15.7. The van der Waals surface area contributed by atoms with Crippen LogP contribution in [-0.4, -0.2) is 63.1 Å². The molecular formula is C13H18FN3O3S. The average Bonchev–Trinajstić information content (AvgIpc) is 2.38. The number of halogens is 1. The lowest BCUT2D eigenvalue weighted by molar-refractivity contribution is -0.129. The molecule has 21 heavy (non-hydrogen) atoms. The summed E-state index contributed by atoms with van der Waals surface area (Å²) in [5.74, 6) is -1.71. The number of nitrogen functional groups attached to an aromatic ring is 1. The zero-order chi connectivity index (χ0) is 15.6. The molecule has 1 saturated heterocycles. The normalized spacial score (nSPS) is 17.0. The number of likely N-dealkylation sites (N-methyl/N-ethyl adjacent to an activating group) is 1. The van der Waals surface area contributed by atoms with Gasteiger partial charge in [0.05, 0.1) is 10.6 Å². The van der Waals surface area contributed by atoms with E-state index in [9.17, 15) is 17.6 Å². The van der Waals surface area contributed by atoms with Gasteiger partial charge in [-0.3, -0.25) is 4.79 Å². The molecule has 2 rings (SSSR count). The first-order valence-electron chi connectivity index (χ1n) is 6.54. The molecule has 116 valence electrons. The first-order valence-corrected chi connectivity index (χ1v) is 8.19. The van der Waals surface area contributed by atoms with Crippen molar-refractivity contribution in [2.75, 3.05) is 44.7 Å². The number of hydrogen-bond donors (Lipinski definition) is 1. The summed E-state index contributed by atoms with van der Waals surface area (Å²) in [7, 11) is -1.92. The van der Waals surface area contributed by atoms with Crippen LogP contribution < -0.4 is 5.73 Å². The van der Waals surface area contributed by atoms with Crippen LogP contribution in [-0.2, 0) is 14.6 Å². The van der Waals surface area contributed by atoms with Crippen molar-refractivity contribution in [1.82, 2.24) is 9.80 Å². The molecule has 0 aliphatic carbocycles. The molecule has 1 heterocycles. The highest BCUT2D eigenvalue weighted by molar-refractivity contribution is 7.92. The SMILES string of the molecule is CN1CCN(C(=O)CS(=O)(=O)c2ccc(F)cc2N)CC1. The lowest BCUT2D eigenvalue weighted by Crippen LogP contribution is -2.48. The van der Waals surface area contributed by atoms with E-state index in [0.29, 0.717) is 26.2 Å². The van der Waals surface area contributed by atoms with Crippen molar-refractivity contribution in [1.29, 1.82) is 0 Å². The van der Waals surface area contributed by atoms with Crippen LogP contribution in [0.25, 0.3) is 0 Å². The second-order valence-corrected chi connectivity index (χ2v) is 7.08. The monoisotopic (exact) mass is 315 g/mol. The summed E-state index contributed by atoms with van der Waals surface area (Å²) < 4.78 is 37.4. The molecule has 0 atom stereocenters. The minimum Gasteiger partial charge on any atom is -0.398 e. The van der Waals surface area contributed by atoms with Crippen LogP contribution in [0.15, 0.2) is 23.1 Å². The number of sulfone groups is 1. The molecule has 0 unspecified atom stereocenters. The molecule has 0 saturated carbocycles. The Morgan fingerprint density at radius 1 is 1.29 bits per heavy atom. The summed E-state index contributed by atoms with van der Waals surface area (Å²) in [6, 6.07) is 3.05. The van der Waals surface area contributed by atoms with Crippen molar-refractivity contribution in [2.45, 2.75) is 4.90 Å². The Morgan fingerprint density at radius 2 is 1.90 bits per heavy atom. The second-order valence-electron chi connectivity index (χ2n) is 5.13. The number of hydrogen-bond acceptors (Lipinski definition) is 5. The van der Waals surface area contributed by atoms with Gasteiger partial charge in [0, 0.05) is 26.2 Å². The Balaban J connectivity index is 2.12. The molecule has 0 aromatic heterocycles. The fourth-order valence-corrected chi connectivity index (χ4v) is 3.55.